The Labute approximate surface area is 109 Å². The molecule has 17 heavy (non-hydrogen) atoms. The Morgan fingerprint density at radius 1 is 1.06 bits per heavy atom. The van der Waals surface area contributed by atoms with Gasteiger partial charge in [-0.1, -0.05) is 45.4 Å². The van der Waals surface area contributed by atoms with Crippen LogP contribution in [0.2, 0.25) is 0 Å². The third kappa shape index (κ3) is 6.51. The molecule has 0 spiro atoms. The van der Waals surface area contributed by atoms with Gasteiger partial charge in [0.2, 0.25) is 5.88 Å². The van der Waals surface area contributed by atoms with E-state index in [1.54, 1.807) is 6.07 Å². The van der Waals surface area contributed by atoms with Crippen molar-refractivity contribution in [1.29, 1.82) is 0 Å². The van der Waals surface area contributed by atoms with Gasteiger partial charge in [-0.15, -0.1) is 12.6 Å². The third-order valence-electron chi connectivity index (χ3n) is 2.79. The molecule has 0 aromatic carbocycles. The molecular weight excluding hydrogens is 232 g/mol. The van der Waals surface area contributed by atoms with E-state index >= 15 is 0 Å². The minimum absolute atomic E-state index is 0.0166. The number of hydrogen-bond donors (Lipinski definition) is 2. The highest BCUT2D eigenvalue weighted by Crippen LogP contribution is 2.13. The normalized spacial score (nSPS) is 10.7. The summed E-state index contributed by atoms with van der Waals surface area (Å²) in [5.41, 5.74) is 0.885. The second-order valence-electron chi connectivity index (χ2n) is 4.39. The lowest BCUT2D eigenvalue weighted by Crippen LogP contribution is -1.93. The fourth-order valence-electron chi connectivity index (χ4n) is 1.86. The molecule has 1 rings (SSSR count). The molecule has 0 saturated heterocycles. The summed E-state index contributed by atoms with van der Waals surface area (Å²) in [7, 11) is 0. The standard InChI is InChI=1S/C13H22N2OS/c1-2-3-4-5-6-7-8-9-11-10-12(16)15-13(17)14-11/h10H,2-9H2,1H3,(H2,14,15,16,17). The molecular formula is C13H22N2OS. The van der Waals surface area contributed by atoms with Crippen molar-refractivity contribution in [3.05, 3.63) is 11.8 Å². The Hall–Kier alpha value is -0.770. The summed E-state index contributed by atoms with van der Waals surface area (Å²) in [6, 6.07) is 1.62. The van der Waals surface area contributed by atoms with Gasteiger partial charge in [0.1, 0.15) is 0 Å². The molecule has 0 atom stereocenters. The van der Waals surface area contributed by atoms with Gasteiger partial charge >= 0.3 is 0 Å². The summed E-state index contributed by atoms with van der Waals surface area (Å²) in [5, 5.41) is 9.64. The van der Waals surface area contributed by atoms with Gasteiger partial charge in [0.05, 0.1) is 0 Å². The smallest absolute Gasteiger partial charge is 0.215 e. The van der Waals surface area contributed by atoms with Crippen LogP contribution in [0.3, 0.4) is 0 Å². The highest BCUT2D eigenvalue weighted by molar-refractivity contribution is 7.80. The molecule has 3 nitrogen and oxygen atoms in total. The minimum atomic E-state index is 0.0166. The van der Waals surface area contributed by atoms with Crippen molar-refractivity contribution in [2.45, 2.75) is 63.4 Å². The molecule has 4 heteroatoms. The number of aromatic nitrogens is 2. The molecule has 0 aliphatic carbocycles. The molecule has 1 aromatic heterocycles. The molecule has 1 heterocycles. The highest BCUT2D eigenvalue weighted by atomic mass is 32.1. The van der Waals surface area contributed by atoms with Crippen LogP contribution < -0.4 is 0 Å². The summed E-state index contributed by atoms with van der Waals surface area (Å²) in [6.45, 7) is 2.23. The van der Waals surface area contributed by atoms with Gasteiger partial charge in [-0.2, -0.15) is 4.98 Å². The van der Waals surface area contributed by atoms with Crippen LogP contribution in [0.4, 0.5) is 0 Å². The first kappa shape index (κ1) is 14.3. The largest absolute Gasteiger partial charge is 0.493 e. The second kappa shape index (κ2) is 8.34. The maximum absolute atomic E-state index is 9.29. The lowest BCUT2D eigenvalue weighted by molar-refractivity contribution is 0.443. The monoisotopic (exact) mass is 254 g/mol. The molecule has 0 aliphatic rings. The summed E-state index contributed by atoms with van der Waals surface area (Å²) in [5.74, 6) is 0.0166. The SMILES string of the molecule is CCCCCCCCCc1cc(O)nc(S)n1. The molecule has 0 amide bonds. The molecule has 0 aliphatic heterocycles. The first-order valence-electron chi connectivity index (χ1n) is 6.48. The van der Waals surface area contributed by atoms with Crippen molar-refractivity contribution in [2.75, 3.05) is 0 Å². The van der Waals surface area contributed by atoms with Gasteiger partial charge < -0.3 is 5.11 Å². The van der Waals surface area contributed by atoms with Gasteiger partial charge in [0, 0.05) is 11.8 Å². The topological polar surface area (TPSA) is 46.0 Å². The zero-order chi connectivity index (χ0) is 12.5. The maximum Gasteiger partial charge on any atom is 0.215 e. The van der Waals surface area contributed by atoms with Crippen molar-refractivity contribution in [2.24, 2.45) is 0 Å². The van der Waals surface area contributed by atoms with E-state index in [4.69, 9.17) is 0 Å². The summed E-state index contributed by atoms with van der Waals surface area (Å²) < 4.78 is 0. The van der Waals surface area contributed by atoms with Gasteiger partial charge in [-0.25, -0.2) is 4.98 Å². The molecule has 0 saturated carbocycles. The molecule has 1 aromatic rings. The minimum Gasteiger partial charge on any atom is -0.493 e. The second-order valence-corrected chi connectivity index (χ2v) is 4.79. The van der Waals surface area contributed by atoms with Crippen LogP contribution >= 0.6 is 12.6 Å². The average Bonchev–Trinajstić information content (AvgIpc) is 2.26. The van der Waals surface area contributed by atoms with E-state index in [2.05, 4.69) is 29.5 Å². The van der Waals surface area contributed by atoms with E-state index in [-0.39, 0.29) is 5.88 Å². The van der Waals surface area contributed by atoms with Gasteiger partial charge in [0.25, 0.3) is 0 Å². The molecule has 1 N–H and O–H groups in total. The van der Waals surface area contributed by atoms with E-state index in [1.807, 2.05) is 0 Å². The molecule has 96 valence electrons. The summed E-state index contributed by atoms with van der Waals surface area (Å²) in [6.07, 6.45) is 9.88. The van der Waals surface area contributed by atoms with E-state index in [0.29, 0.717) is 5.16 Å². The highest BCUT2D eigenvalue weighted by Gasteiger charge is 2.00. The van der Waals surface area contributed by atoms with E-state index in [0.717, 1.165) is 18.5 Å². The van der Waals surface area contributed by atoms with Crippen LogP contribution in [-0.4, -0.2) is 15.1 Å². The number of thiol groups is 1. The number of aryl methyl sites for hydroxylation is 1. The molecule has 0 radical (unpaired) electrons. The maximum atomic E-state index is 9.29. The fraction of sp³-hybridized carbons (Fsp3) is 0.692. The summed E-state index contributed by atoms with van der Waals surface area (Å²) >= 11 is 4.04. The van der Waals surface area contributed by atoms with Crippen LogP contribution in [0.15, 0.2) is 11.2 Å². The lowest BCUT2D eigenvalue weighted by atomic mass is 10.1. The Balaban J connectivity index is 2.13. The van der Waals surface area contributed by atoms with E-state index < -0.39 is 0 Å². The number of rotatable bonds is 8. The van der Waals surface area contributed by atoms with Crippen LogP contribution in [-0.2, 0) is 6.42 Å². The van der Waals surface area contributed by atoms with E-state index in [9.17, 15) is 5.11 Å². The van der Waals surface area contributed by atoms with Crippen LogP contribution in [0.25, 0.3) is 0 Å². The van der Waals surface area contributed by atoms with Crippen molar-refractivity contribution >= 4 is 12.6 Å². The average molecular weight is 254 g/mol. The van der Waals surface area contributed by atoms with Gasteiger partial charge in [-0.3, -0.25) is 0 Å². The van der Waals surface area contributed by atoms with Crippen LogP contribution in [0.5, 0.6) is 5.88 Å². The zero-order valence-corrected chi connectivity index (χ0v) is 11.4. The number of nitrogens with zero attached hydrogens (tertiary/aromatic N) is 2. The van der Waals surface area contributed by atoms with Crippen LogP contribution in [0, 0.1) is 0 Å². The quantitative estimate of drug-likeness (QED) is 0.422. The first-order chi connectivity index (χ1) is 8.22. The van der Waals surface area contributed by atoms with Crippen molar-refractivity contribution in [1.82, 2.24) is 9.97 Å². The van der Waals surface area contributed by atoms with Crippen molar-refractivity contribution < 1.29 is 5.11 Å². The Kier molecular flexibility index (Phi) is 7.01. The lowest BCUT2D eigenvalue weighted by Gasteiger charge is -2.03. The van der Waals surface area contributed by atoms with E-state index in [1.165, 1.54) is 38.5 Å². The Morgan fingerprint density at radius 2 is 1.71 bits per heavy atom. The first-order valence-corrected chi connectivity index (χ1v) is 6.93. The zero-order valence-electron chi connectivity index (χ0n) is 10.5. The Bertz CT molecular complexity index is 311. The molecule has 0 unspecified atom stereocenters. The molecule has 0 fully saturated rings. The van der Waals surface area contributed by atoms with Gasteiger partial charge in [0.15, 0.2) is 5.16 Å². The third-order valence-corrected chi connectivity index (χ3v) is 2.99. The number of aromatic hydroxyl groups is 1. The fourth-order valence-corrected chi connectivity index (χ4v) is 2.09. The predicted octanol–water partition coefficient (Wildman–Crippen LogP) is 3.76. The van der Waals surface area contributed by atoms with Crippen molar-refractivity contribution in [3.8, 4) is 5.88 Å². The number of hydrogen-bond acceptors (Lipinski definition) is 4. The Morgan fingerprint density at radius 3 is 2.35 bits per heavy atom. The van der Waals surface area contributed by atoms with Crippen LogP contribution in [0.1, 0.15) is 57.6 Å². The van der Waals surface area contributed by atoms with Crippen molar-refractivity contribution in [3.63, 3.8) is 0 Å². The summed E-state index contributed by atoms with van der Waals surface area (Å²) in [4.78, 5) is 7.90. The number of unbranched alkanes of at least 4 members (excludes halogenated alkanes) is 6. The molecule has 0 bridgehead atoms. The van der Waals surface area contributed by atoms with Gasteiger partial charge in [-0.05, 0) is 12.8 Å². The predicted molar refractivity (Wildman–Crippen MR) is 72.6 cm³/mol.